The second-order valence-corrected chi connectivity index (χ2v) is 7.69. The number of benzene rings is 2. The highest BCUT2D eigenvalue weighted by molar-refractivity contribution is 5.74. The summed E-state index contributed by atoms with van der Waals surface area (Å²) in [6.07, 6.45) is 2.09. The quantitative estimate of drug-likeness (QED) is 0.879. The third-order valence-electron chi connectivity index (χ3n) is 5.80. The molecule has 0 radical (unpaired) electrons. The molecule has 2 aromatic carbocycles. The maximum Gasteiger partial charge on any atom is 0.317 e. The van der Waals surface area contributed by atoms with Gasteiger partial charge in [0.2, 0.25) is 0 Å². The Balaban J connectivity index is 1.25. The first-order valence-electron chi connectivity index (χ1n) is 9.70. The average Bonchev–Trinajstić information content (AvgIpc) is 3.49. The molecule has 1 N–H and O–H groups in total. The Morgan fingerprint density at radius 2 is 1.63 bits per heavy atom. The van der Waals surface area contributed by atoms with Crippen LogP contribution >= 0.6 is 0 Å². The van der Waals surface area contributed by atoms with E-state index in [1.54, 1.807) is 0 Å². The van der Waals surface area contributed by atoms with Crippen LogP contribution in [-0.2, 0) is 12.0 Å². The molecule has 1 aliphatic carbocycles. The summed E-state index contributed by atoms with van der Waals surface area (Å²) in [5, 5.41) is 3.11. The Kier molecular flexibility index (Phi) is 5.12. The molecular weight excluding hydrogens is 341 g/mol. The number of carbonyl (C=O) groups is 1. The maximum absolute atomic E-state index is 13.1. The monoisotopic (exact) mass is 367 g/mol. The van der Waals surface area contributed by atoms with Crippen molar-refractivity contribution in [3.63, 3.8) is 0 Å². The molecule has 1 aliphatic heterocycles. The molecule has 1 saturated carbocycles. The molecule has 4 nitrogen and oxygen atoms in total. The van der Waals surface area contributed by atoms with Gasteiger partial charge in [0.1, 0.15) is 5.82 Å². The molecule has 0 bridgehead atoms. The van der Waals surface area contributed by atoms with Gasteiger partial charge in [0, 0.05) is 44.7 Å². The molecule has 4 rings (SSSR count). The molecule has 2 aromatic rings. The smallest absolute Gasteiger partial charge is 0.317 e. The maximum atomic E-state index is 13.1. The molecule has 1 heterocycles. The van der Waals surface area contributed by atoms with Gasteiger partial charge in [-0.1, -0.05) is 42.5 Å². The summed E-state index contributed by atoms with van der Waals surface area (Å²) < 4.78 is 13.1. The summed E-state index contributed by atoms with van der Waals surface area (Å²) in [7, 11) is 0. The summed E-state index contributed by atoms with van der Waals surface area (Å²) in [6, 6.07) is 17.2. The van der Waals surface area contributed by atoms with Gasteiger partial charge < -0.3 is 10.2 Å². The van der Waals surface area contributed by atoms with Gasteiger partial charge in [-0.3, -0.25) is 4.90 Å². The van der Waals surface area contributed by atoms with Gasteiger partial charge in [-0.2, -0.15) is 0 Å². The van der Waals surface area contributed by atoms with Crippen LogP contribution in [0.4, 0.5) is 9.18 Å². The van der Waals surface area contributed by atoms with Crippen molar-refractivity contribution in [3.8, 4) is 0 Å². The number of piperazine rings is 1. The lowest BCUT2D eigenvalue weighted by atomic mass is 9.96. The minimum absolute atomic E-state index is 0.00150. The first-order chi connectivity index (χ1) is 13.1. The summed E-state index contributed by atoms with van der Waals surface area (Å²) in [5.41, 5.74) is 2.43. The van der Waals surface area contributed by atoms with E-state index in [2.05, 4.69) is 34.5 Å². The predicted octanol–water partition coefficient (Wildman–Crippen LogP) is 3.38. The van der Waals surface area contributed by atoms with Crippen LogP contribution in [0.15, 0.2) is 54.6 Å². The SMILES string of the molecule is O=C(NCC1(c2ccc(F)cc2)CC1)N1CCN(Cc2ccccc2)CC1. The fraction of sp³-hybridized carbons (Fsp3) is 0.409. The van der Waals surface area contributed by atoms with E-state index in [1.165, 1.54) is 17.7 Å². The number of urea groups is 1. The second kappa shape index (κ2) is 7.69. The van der Waals surface area contributed by atoms with Crippen LogP contribution in [-0.4, -0.2) is 48.6 Å². The van der Waals surface area contributed by atoms with E-state index in [-0.39, 0.29) is 17.3 Å². The minimum atomic E-state index is -0.216. The van der Waals surface area contributed by atoms with Crippen molar-refractivity contribution in [2.75, 3.05) is 32.7 Å². The number of rotatable bonds is 5. The van der Waals surface area contributed by atoms with Crippen molar-refractivity contribution < 1.29 is 9.18 Å². The van der Waals surface area contributed by atoms with E-state index >= 15 is 0 Å². The van der Waals surface area contributed by atoms with Crippen LogP contribution in [0, 0.1) is 5.82 Å². The van der Waals surface area contributed by atoms with Gasteiger partial charge in [-0.15, -0.1) is 0 Å². The van der Waals surface area contributed by atoms with Gasteiger partial charge in [0.15, 0.2) is 0 Å². The van der Waals surface area contributed by atoms with E-state index in [0.717, 1.165) is 51.1 Å². The molecule has 142 valence electrons. The number of nitrogens with zero attached hydrogens (tertiary/aromatic N) is 2. The number of hydrogen-bond donors (Lipinski definition) is 1. The highest BCUT2D eigenvalue weighted by Gasteiger charge is 2.44. The van der Waals surface area contributed by atoms with Crippen LogP contribution in [0.2, 0.25) is 0 Å². The number of halogens is 1. The summed E-state index contributed by atoms with van der Waals surface area (Å²) in [6.45, 7) is 4.85. The third-order valence-corrected chi connectivity index (χ3v) is 5.80. The number of carbonyl (C=O) groups excluding carboxylic acids is 1. The van der Waals surface area contributed by atoms with E-state index < -0.39 is 0 Å². The molecule has 5 heteroatoms. The lowest BCUT2D eigenvalue weighted by molar-refractivity contribution is 0.135. The van der Waals surface area contributed by atoms with Crippen molar-refractivity contribution in [1.82, 2.24) is 15.1 Å². The van der Waals surface area contributed by atoms with Gasteiger partial charge in [-0.25, -0.2) is 9.18 Å². The van der Waals surface area contributed by atoms with E-state index in [9.17, 15) is 9.18 Å². The summed E-state index contributed by atoms with van der Waals surface area (Å²) in [5.74, 6) is -0.216. The number of nitrogens with one attached hydrogen (secondary N) is 1. The van der Waals surface area contributed by atoms with Crippen LogP contribution < -0.4 is 5.32 Å². The van der Waals surface area contributed by atoms with Gasteiger partial charge in [0.25, 0.3) is 0 Å². The first kappa shape index (κ1) is 18.0. The zero-order chi connectivity index (χ0) is 18.7. The lowest BCUT2D eigenvalue weighted by Gasteiger charge is -2.35. The largest absolute Gasteiger partial charge is 0.337 e. The van der Waals surface area contributed by atoms with Crippen LogP contribution in [0.5, 0.6) is 0 Å². The van der Waals surface area contributed by atoms with Gasteiger partial charge in [-0.05, 0) is 36.1 Å². The topological polar surface area (TPSA) is 35.6 Å². The normalized spacial score (nSPS) is 18.9. The molecule has 2 aliphatic rings. The molecule has 2 fully saturated rings. The highest BCUT2D eigenvalue weighted by atomic mass is 19.1. The minimum Gasteiger partial charge on any atom is -0.337 e. The van der Waals surface area contributed by atoms with Crippen LogP contribution in [0.3, 0.4) is 0 Å². The highest BCUT2D eigenvalue weighted by Crippen LogP contribution is 2.47. The molecule has 0 atom stereocenters. The average molecular weight is 367 g/mol. The van der Waals surface area contributed by atoms with Gasteiger partial charge >= 0.3 is 6.03 Å². The molecule has 0 spiro atoms. The van der Waals surface area contributed by atoms with E-state index in [1.807, 2.05) is 23.1 Å². The zero-order valence-electron chi connectivity index (χ0n) is 15.5. The summed E-state index contributed by atoms with van der Waals surface area (Å²) in [4.78, 5) is 16.9. The zero-order valence-corrected chi connectivity index (χ0v) is 15.5. The lowest BCUT2D eigenvalue weighted by Crippen LogP contribution is -2.52. The molecule has 2 amide bonds. The fourth-order valence-corrected chi connectivity index (χ4v) is 3.83. The fourth-order valence-electron chi connectivity index (χ4n) is 3.83. The molecule has 0 unspecified atom stereocenters. The van der Waals surface area contributed by atoms with E-state index in [0.29, 0.717) is 6.54 Å². The first-order valence-corrected chi connectivity index (χ1v) is 9.70. The van der Waals surface area contributed by atoms with Crippen molar-refractivity contribution in [2.24, 2.45) is 0 Å². The van der Waals surface area contributed by atoms with Crippen LogP contribution in [0.1, 0.15) is 24.0 Å². The predicted molar refractivity (Wildman–Crippen MR) is 104 cm³/mol. The third kappa shape index (κ3) is 4.30. The van der Waals surface area contributed by atoms with Crippen molar-refractivity contribution in [1.29, 1.82) is 0 Å². The Morgan fingerprint density at radius 1 is 0.963 bits per heavy atom. The molecule has 0 aromatic heterocycles. The standard InChI is InChI=1S/C22H26FN3O/c23-20-8-6-19(7-9-20)22(10-11-22)17-24-21(27)26-14-12-25(13-15-26)16-18-4-2-1-3-5-18/h1-9H,10-17H2,(H,24,27). The Morgan fingerprint density at radius 3 is 2.26 bits per heavy atom. The number of hydrogen-bond acceptors (Lipinski definition) is 2. The van der Waals surface area contributed by atoms with E-state index in [4.69, 9.17) is 0 Å². The van der Waals surface area contributed by atoms with Crippen LogP contribution in [0.25, 0.3) is 0 Å². The molecule has 27 heavy (non-hydrogen) atoms. The van der Waals surface area contributed by atoms with Gasteiger partial charge in [0.05, 0.1) is 0 Å². The number of amides is 2. The summed E-state index contributed by atoms with van der Waals surface area (Å²) >= 11 is 0. The Hall–Kier alpha value is -2.40. The Labute approximate surface area is 160 Å². The molecular formula is C22H26FN3O. The van der Waals surface area contributed by atoms with Crippen molar-refractivity contribution in [2.45, 2.75) is 24.8 Å². The second-order valence-electron chi connectivity index (χ2n) is 7.69. The Bertz CT molecular complexity index is 766. The molecule has 1 saturated heterocycles. The van der Waals surface area contributed by atoms with Crippen molar-refractivity contribution >= 4 is 6.03 Å². The van der Waals surface area contributed by atoms with Crippen molar-refractivity contribution in [3.05, 3.63) is 71.5 Å².